The van der Waals surface area contributed by atoms with E-state index in [1.165, 1.54) is 11.3 Å². The Morgan fingerprint density at radius 3 is 2.87 bits per heavy atom. The lowest BCUT2D eigenvalue weighted by molar-refractivity contribution is 0.0966. The summed E-state index contributed by atoms with van der Waals surface area (Å²) in [5, 5.41) is 6.65. The van der Waals surface area contributed by atoms with Crippen molar-refractivity contribution in [3.8, 4) is 0 Å². The summed E-state index contributed by atoms with van der Waals surface area (Å²) in [5.74, 6) is -0.0615. The second kappa shape index (κ2) is 5.70. The smallest absolute Gasteiger partial charge is 0.263 e. The first kappa shape index (κ1) is 12.0. The molecule has 0 saturated heterocycles. The number of nitrogens with zero attached hydrogens (tertiary/aromatic N) is 1. The van der Waals surface area contributed by atoms with Gasteiger partial charge < -0.3 is 10.6 Å². The second-order valence-electron chi connectivity index (χ2n) is 3.29. The molecule has 0 unspecified atom stereocenters. The van der Waals surface area contributed by atoms with Gasteiger partial charge in [-0.1, -0.05) is 24.7 Å². The number of amides is 1. The third kappa shape index (κ3) is 3.20. The molecule has 4 nitrogen and oxygen atoms in total. The number of thiazole rings is 1. The molecule has 0 saturated carbocycles. The van der Waals surface area contributed by atoms with Crippen LogP contribution in [0.3, 0.4) is 0 Å². The summed E-state index contributed by atoms with van der Waals surface area (Å²) in [6, 6.07) is 0. The molecular weight excluding hydrogens is 210 g/mol. The Morgan fingerprint density at radius 1 is 1.53 bits per heavy atom. The van der Waals surface area contributed by atoms with E-state index in [-0.39, 0.29) is 5.91 Å². The minimum Gasteiger partial charge on any atom is -0.361 e. The number of aromatic nitrogens is 1. The number of anilines is 1. The van der Waals surface area contributed by atoms with Crippen molar-refractivity contribution in [1.82, 2.24) is 10.3 Å². The molecule has 0 atom stereocenters. The lowest BCUT2D eigenvalue weighted by Gasteiger charge is -1.98. The van der Waals surface area contributed by atoms with Crippen LogP contribution in [-0.2, 0) is 0 Å². The van der Waals surface area contributed by atoms with E-state index in [2.05, 4.69) is 22.5 Å². The fraction of sp³-hybridized carbons (Fsp3) is 0.600. The van der Waals surface area contributed by atoms with Crippen molar-refractivity contribution in [2.75, 3.05) is 18.9 Å². The molecule has 1 heterocycles. The molecule has 0 aliphatic rings. The molecule has 0 spiro atoms. The summed E-state index contributed by atoms with van der Waals surface area (Å²) in [7, 11) is 1.63. The van der Waals surface area contributed by atoms with Crippen molar-refractivity contribution in [2.45, 2.75) is 26.7 Å². The minimum absolute atomic E-state index is 0.0615. The normalized spacial score (nSPS) is 10.1. The van der Waals surface area contributed by atoms with Crippen molar-refractivity contribution in [3.63, 3.8) is 0 Å². The van der Waals surface area contributed by atoms with Crippen LogP contribution in [0.15, 0.2) is 0 Å². The first-order valence-corrected chi connectivity index (χ1v) is 5.94. The number of rotatable bonds is 5. The molecule has 1 aromatic heterocycles. The maximum absolute atomic E-state index is 11.4. The molecule has 0 aliphatic heterocycles. The van der Waals surface area contributed by atoms with Crippen LogP contribution in [0.2, 0.25) is 0 Å². The zero-order valence-electron chi connectivity index (χ0n) is 9.39. The largest absolute Gasteiger partial charge is 0.361 e. The third-order valence-electron chi connectivity index (χ3n) is 2.04. The lowest BCUT2D eigenvalue weighted by Crippen LogP contribution is -2.17. The summed E-state index contributed by atoms with van der Waals surface area (Å²) >= 11 is 1.41. The molecule has 5 heteroatoms. The number of nitrogens with one attached hydrogen (secondary N) is 2. The fourth-order valence-corrected chi connectivity index (χ4v) is 2.11. The van der Waals surface area contributed by atoms with Gasteiger partial charge in [-0.25, -0.2) is 4.98 Å². The van der Waals surface area contributed by atoms with Crippen molar-refractivity contribution >= 4 is 22.4 Å². The molecular formula is C10H17N3OS. The zero-order chi connectivity index (χ0) is 11.3. The van der Waals surface area contributed by atoms with Crippen molar-refractivity contribution in [1.29, 1.82) is 0 Å². The highest BCUT2D eigenvalue weighted by molar-refractivity contribution is 7.17. The van der Waals surface area contributed by atoms with Crippen LogP contribution in [0.5, 0.6) is 0 Å². The average Bonchev–Trinajstić information content (AvgIpc) is 2.59. The van der Waals surface area contributed by atoms with Gasteiger partial charge in [0.05, 0.1) is 5.69 Å². The van der Waals surface area contributed by atoms with E-state index < -0.39 is 0 Å². The Kier molecular flexibility index (Phi) is 4.55. The van der Waals surface area contributed by atoms with Crippen LogP contribution in [-0.4, -0.2) is 24.5 Å². The van der Waals surface area contributed by atoms with Gasteiger partial charge in [-0.15, -0.1) is 0 Å². The number of hydrogen-bond donors (Lipinski definition) is 2. The molecule has 15 heavy (non-hydrogen) atoms. The molecule has 84 valence electrons. The van der Waals surface area contributed by atoms with E-state index in [4.69, 9.17) is 0 Å². The van der Waals surface area contributed by atoms with Crippen molar-refractivity contribution in [3.05, 3.63) is 10.6 Å². The zero-order valence-corrected chi connectivity index (χ0v) is 10.2. The first-order valence-electron chi connectivity index (χ1n) is 5.12. The summed E-state index contributed by atoms with van der Waals surface area (Å²) in [6.07, 6.45) is 2.27. The van der Waals surface area contributed by atoms with Crippen LogP contribution in [0.25, 0.3) is 0 Å². The van der Waals surface area contributed by atoms with Gasteiger partial charge in [0, 0.05) is 13.6 Å². The maximum Gasteiger partial charge on any atom is 0.263 e. The molecule has 1 aromatic rings. The number of unbranched alkanes of at least 4 members (excludes halogenated alkanes) is 1. The van der Waals surface area contributed by atoms with E-state index in [1.54, 1.807) is 7.05 Å². The molecule has 0 fully saturated rings. The van der Waals surface area contributed by atoms with Gasteiger partial charge in [0.1, 0.15) is 4.88 Å². The van der Waals surface area contributed by atoms with Gasteiger partial charge in [-0.05, 0) is 13.3 Å². The van der Waals surface area contributed by atoms with Gasteiger partial charge in [0.2, 0.25) is 0 Å². The second-order valence-corrected chi connectivity index (χ2v) is 4.29. The standard InChI is InChI=1S/C10H17N3OS/c1-4-5-6-12-10-13-7(2)8(15-10)9(14)11-3/h4-6H2,1-3H3,(H,11,14)(H,12,13). The topological polar surface area (TPSA) is 54.0 Å². The number of hydrogen-bond acceptors (Lipinski definition) is 4. The van der Waals surface area contributed by atoms with Crippen LogP contribution in [0.4, 0.5) is 5.13 Å². The highest BCUT2D eigenvalue weighted by Crippen LogP contribution is 2.22. The van der Waals surface area contributed by atoms with Crippen molar-refractivity contribution < 1.29 is 4.79 Å². The highest BCUT2D eigenvalue weighted by Gasteiger charge is 2.13. The Hall–Kier alpha value is -1.10. The summed E-state index contributed by atoms with van der Waals surface area (Å²) in [6.45, 7) is 4.91. The van der Waals surface area contributed by atoms with Gasteiger partial charge in [0.25, 0.3) is 5.91 Å². The molecule has 0 bridgehead atoms. The van der Waals surface area contributed by atoms with Crippen molar-refractivity contribution in [2.24, 2.45) is 0 Å². The SMILES string of the molecule is CCCCNc1nc(C)c(C(=O)NC)s1. The summed E-state index contributed by atoms with van der Waals surface area (Å²) < 4.78 is 0. The Labute approximate surface area is 94.1 Å². The Balaban J connectivity index is 2.64. The predicted molar refractivity (Wildman–Crippen MR) is 63.6 cm³/mol. The quantitative estimate of drug-likeness (QED) is 0.757. The van der Waals surface area contributed by atoms with Gasteiger partial charge >= 0.3 is 0 Å². The van der Waals surface area contributed by atoms with Gasteiger partial charge in [-0.3, -0.25) is 4.79 Å². The van der Waals surface area contributed by atoms with E-state index in [1.807, 2.05) is 6.92 Å². The average molecular weight is 227 g/mol. The monoisotopic (exact) mass is 227 g/mol. The molecule has 0 radical (unpaired) electrons. The predicted octanol–water partition coefficient (Wildman–Crippen LogP) is 2.02. The first-order chi connectivity index (χ1) is 7.19. The molecule has 0 aromatic carbocycles. The lowest BCUT2D eigenvalue weighted by atomic mass is 10.3. The van der Waals surface area contributed by atoms with Gasteiger partial charge in [-0.2, -0.15) is 0 Å². The highest BCUT2D eigenvalue weighted by atomic mass is 32.1. The number of aryl methyl sites for hydroxylation is 1. The van der Waals surface area contributed by atoms with Crippen LogP contribution >= 0.6 is 11.3 Å². The number of carbonyl (C=O) groups excluding carboxylic acids is 1. The summed E-state index contributed by atoms with van der Waals surface area (Å²) in [4.78, 5) is 16.4. The molecule has 1 amide bonds. The van der Waals surface area contributed by atoms with E-state index >= 15 is 0 Å². The third-order valence-corrected chi connectivity index (χ3v) is 3.15. The van der Waals surface area contributed by atoms with Crippen LogP contribution in [0, 0.1) is 6.92 Å². The van der Waals surface area contributed by atoms with E-state index in [0.717, 1.165) is 30.2 Å². The Bertz CT molecular complexity index is 335. The Morgan fingerprint density at radius 2 is 2.27 bits per heavy atom. The summed E-state index contributed by atoms with van der Waals surface area (Å²) in [5.41, 5.74) is 0.790. The van der Waals surface area contributed by atoms with Gasteiger partial charge in [0.15, 0.2) is 5.13 Å². The molecule has 1 rings (SSSR count). The van der Waals surface area contributed by atoms with Crippen LogP contribution in [0.1, 0.15) is 35.1 Å². The van der Waals surface area contributed by atoms with E-state index in [9.17, 15) is 4.79 Å². The van der Waals surface area contributed by atoms with E-state index in [0.29, 0.717) is 4.88 Å². The maximum atomic E-state index is 11.4. The number of carbonyl (C=O) groups is 1. The fourth-order valence-electron chi connectivity index (χ4n) is 1.17. The minimum atomic E-state index is -0.0615. The van der Waals surface area contributed by atoms with Crippen LogP contribution < -0.4 is 10.6 Å². The molecule has 0 aliphatic carbocycles. The molecule has 2 N–H and O–H groups in total.